The van der Waals surface area contributed by atoms with Gasteiger partial charge in [0.05, 0.1) is 18.9 Å². The Morgan fingerprint density at radius 2 is 1.81 bits per heavy atom. The van der Waals surface area contributed by atoms with Crippen LogP contribution < -0.4 is 15.0 Å². The summed E-state index contributed by atoms with van der Waals surface area (Å²) >= 11 is 5.96. The highest BCUT2D eigenvalue weighted by molar-refractivity contribution is 6.30. The van der Waals surface area contributed by atoms with Gasteiger partial charge in [0.2, 0.25) is 5.82 Å². The summed E-state index contributed by atoms with van der Waals surface area (Å²) in [5, 5.41) is 4.74. The van der Waals surface area contributed by atoms with Crippen LogP contribution in [0.1, 0.15) is 44.1 Å². The summed E-state index contributed by atoms with van der Waals surface area (Å²) in [6.07, 6.45) is 6.70. The number of hydrogen-bond donors (Lipinski definition) is 1. The van der Waals surface area contributed by atoms with Crippen LogP contribution in [0.5, 0.6) is 11.5 Å². The van der Waals surface area contributed by atoms with Crippen molar-refractivity contribution in [3.63, 3.8) is 0 Å². The van der Waals surface area contributed by atoms with Crippen LogP contribution in [-0.4, -0.2) is 23.4 Å². The summed E-state index contributed by atoms with van der Waals surface area (Å²) in [6.45, 7) is 1.87. The SMILES string of the molecule is COc1ccc(C2=CC(C)(c3nc(-c4ccc(Cl)cc4)no3)ON2)cc1OC1CCCC1. The summed E-state index contributed by atoms with van der Waals surface area (Å²) in [5.74, 6) is 2.27. The van der Waals surface area contributed by atoms with Gasteiger partial charge in [-0.25, -0.2) is 0 Å². The van der Waals surface area contributed by atoms with Crippen molar-refractivity contribution >= 4 is 17.3 Å². The summed E-state index contributed by atoms with van der Waals surface area (Å²) in [4.78, 5) is 10.4. The van der Waals surface area contributed by atoms with Crippen molar-refractivity contribution in [1.82, 2.24) is 15.6 Å². The number of benzene rings is 2. The number of rotatable bonds is 6. The molecule has 8 heteroatoms. The van der Waals surface area contributed by atoms with E-state index in [1.54, 1.807) is 19.2 Å². The molecule has 166 valence electrons. The second-order valence-electron chi connectivity index (χ2n) is 8.19. The maximum absolute atomic E-state index is 6.22. The fraction of sp³-hybridized carbons (Fsp3) is 0.333. The molecule has 0 radical (unpaired) electrons. The van der Waals surface area contributed by atoms with Gasteiger partial charge in [-0.05, 0) is 81.1 Å². The summed E-state index contributed by atoms with van der Waals surface area (Å²) < 4.78 is 17.2. The highest BCUT2D eigenvalue weighted by atomic mass is 35.5. The lowest BCUT2D eigenvalue weighted by molar-refractivity contribution is -0.0445. The third-order valence-electron chi connectivity index (χ3n) is 5.82. The maximum atomic E-state index is 6.22. The fourth-order valence-electron chi connectivity index (χ4n) is 4.01. The zero-order valence-electron chi connectivity index (χ0n) is 17.9. The van der Waals surface area contributed by atoms with E-state index in [9.17, 15) is 0 Å². The third-order valence-corrected chi connectivity index (χ3v) is 6.07. The Labute approximate surface area is 191 Å². The Balaban J connectivity index is 1.40. The molecule has 1 fully saturated rings. The van der Waals surface area contributed by atoms with Crippen molar-refractivity contribution in [1.29, 1.82) is 0 Å². The average molecular weight is 454 g/mol. The number of ether oxygens (including phenoxy) is 2. The molecular weight excluding hydrogens is 430 g/mol. The van der Waals surface area contributed by atoms with Gasteiger partial charge in [-0.3, -0.25) is 10.3 Å². The van der Waals surface area contributed by atoms with E-state index in [2.05, 4.69) is 15.6 Å². The van der Waals surface area contributed by atoms with Gasteiger partial charge >= 0.3 is 0 Å². The van der Waals surface area contributed by atoms with Crippen molar-refractivity contribution < 1.29 is 18.8 Å². The molecule has 2 heterocycles. The largest absolute Gasteiger partial charge is 0.493 e. The molecule has 2 aliphatic rings. The van der Waals surface area contributed by atoms with E-state index >= 15 is 0 Å². The molecule has 32 heavy (non-hydrogen) atoms. The molecule has 7 nitrogen and oxygen atoms in total. The van der Waals surface area contributed by atoms with Crippen LogP contribution >= 0.6 is 11.6 Å². The lowest BCUT2D eigenvalue weighted by atomic mass is 10.0. The second kappa shape index (κ2) is 8.48. The normalized spacial score (nSPS) is 20.8. The van der Waals surface area contributed by atoms with Gasteiger partial charge in [-0.1, -0.05) is 16.8 Å². The highest BCUT2D eigenvalue weighted by Crippen LogP contribution is 2.38. The van der Waals surface area contributed by atoms with Crippen LogP contribution in [0.25, 0.3) is 17.1 Å². The minimum Gasteiger partial charge on any atom is -0.493 e. The van der Waals surface area contributed by atoms with Crippen molar-refractivity contribution in [2.75, 3.05) is 7.11 Å². The highest BCUT2D eigenvalue weighted by Gasteiger charge is 2.38. The first-order valence-corrected chi connectivity index (χ1v) is 11.0. The molecule has 1 aliphatic carbocycles. The fourth-order valence-corrected chi connectivity index (χ4v) is 4.13. The Hall–Kier alpha value is -3.03. The standard InChI is InChI=1S/C24H24ClN3O4/c1-24(23-26-22(28-31-23)15-7-10-17(25)11-8-15)14-19(27-32-24)16-9-12-20(29-2)21(13-16)30-18-5-3-4-6-18/h7-14,18,27H,3-6H2,1-2H3. The number of hydroxylamine groups is 1. The Morgan fingerprint density at radius 1 is 1.06 bits per heavy atom. The van der Waals surface area contributed by atoms with Gasteiger partial charge in [0.15, 0.2) is 17.1 Å². The predicted octanol–water partition coefficient (Wildman–Crippen LogP) is 5.51. The van der Waals surface area contributed by atoms with Crippen LogP contribution in [-0.2, 0) is 10.4 Å². The number of aromatic nitrogens is 2. The molecule has 0 spiro atoms. The van der Waals surface area contributed by atoms with E-state index in [0.29, 0.717) is 22.5 Å². The lowest BCUT2D eigenvalue weighted by Gasteiger charge is -2.17. The zero-order valence-corrected chi connectivity index (χ0v) is 18.7. The van der Waals surface area contributed by atoms with Crippen LogP contribution in [0.2, 0.25) is 5.02 Å². The Bertz CT molecular complexity index is 1140. The van der Waals surface area contributed by atoms with Gasteiger partial charge in [-0.15, -0.1) is 0 Å². The molecule has 1 aromatic heterocycles. The minimum absolute atomic E-state index is 0.232. The molecule has 1 aliphatic heterocycles. The number of nitrogens with one attached hydrogen (secondary N) is 1. The van der Waals surface area contributed by atoms with E-state index < -0.39 is 5.60 Å². The molecular formula is C24H24ClN3O4. The zero-order chi connectivity index (χ0) is 22.1. The molecule has 0 amide bonds. The molecule has 0 saturated heterocycles. The van der Waals surface area contributed by atoms with E-state index in [4.69, 9.17) is 30.4 Å². The van der Waals surface area contributed by atoms with Crippen molar-refractivity contribution in [2.24, 2.45) is 0 Å². The molecule has 0 bridgehead atoms. The second-order valence-corrected chi connectivity index (χ2v) is 8.63. The maximum Gasteiger partial charge on any atom is 0.265 e. The van der Waals surface area contributed by atoms with Gasteiger partial charge < -0.3 is 14.0 Å². The molecule has 1 saturated carbocycles. The predicted molar refractivity (Wildman–Crippen MR) is 120 cm³/mol. The molecule has 1 unspecified atom stereocenters. The molecule has 3 aromatic rings. The van der Waals surface area contributed by atoms with Crippen molar-refractivity contribution in [3.8, 4) is 22.9 Å². The number of nitrogens with zero attached hydrogens (tertiary/aromatic N) is 2. The lowest BCUT2D eigenvalue weighted by Crippen LogP contribution is -2.23. The number of hydrogen-bond acceptors (Lipinski definition) is 7. The monoisotopic (exact) mass is 453 g/mol. The first-order valence-electron chi connectivity index (χ1n) is 10.7. The third kappa shape index (κ3) is 4.06. The van der Waals surface area contributed by atoms with E-state index in [0.717, 1.165) is 35.4 Å². The van der Waals surface area contributed by atoms with Crippen LogP contribution in [0.4, 0.5) is 0 Å². The van der Waals surface area contributed by atoms with E-state index in [-0.39, 0.29) is 6.10 Å². The average Bonchev–Trinajstić information content (AvgIpc) is 3.56. The molecule has 5 rings (SSSR count). The van der Waals surface area contributed by atoms with Gasteiger partial charge in [0, 0.05) is 16.1 Å². The summed E-state index contributed by atoms with van der Waals surface area (Å²) in [5.41, 5.74) is 4.60. The van der Waals surface area contributed by atoms with Crippen LogP contribution in [0, 0.1) is 0 Å². The first-order chi connectivity index (χ1) is 15.5. The van der Waals surface area contributed by atoms with Gasteiger partial charge in [0.25, 0.3) is 5.89 Å². The number of halogens is 1. The Kier molecular flexibility index (Phi) is 5.53. The van der Waals surface area contributed by atoms with Gasteiger partial charge in [0.1, 0.15) is 0 Å². The quantitative estimate of drug-likeness (QED) is 0.527. The minimum atomic E-state index is -0.917. The summed E-state index contributed by atoms with van der Waals surface area (Å²) in [7, 11) is 1.65. The Morgan fingerprint density at radius 3 is 2.56 bits per heavy atom. The molecule has 1 atom stereocenters. The van der Waals surface area contributed by atoms with Crippen LogP contribution in [0.3, 0.4) is 0 Å². The van der Waals surface area contributed by atoms with Gasteiger partial charge in [-0.2, -0.15) is 4.98 Å². The molecule has 1 N–H and O–H groups in total. The first kappa shape index (κ1) is 20.8. The summed E-state index contributed by atoms with van der Waals surface area (Å²) in [6, 6.07) is 13.1. The molecule has 2 aromatic carbocycles. The van der Waals surface area contributed by atoms with Crippen molar-refractivity contribution in [3.05, 3.63) is 65.0 Å². The number of methoxy groups -OCH3 is 1. The topological polar surface area (TPSA) is 78.6 Å². The van der Waals surface area contributed by atoms with Crippen molar-refractivity contribution in [2.45, 2.75) is 44.3 Å². The van der Waals surface area contributed by atoms with E-state index in [1.165, 1.54) is 12.8 Å². The smallest absolute Gasteiger partial charge is 0.265 e. The van der Waals surface area contributed by atoms with Crippen LogP contribution in [0.15, 0.2) is 53.1 Å². The van der Waals surface area contributed by atoms with E-state index in [1.807, 2.05) is 43.3 Å².